The van der Waals surface area contributed by atoms with Gasteiger partial charge in [-0.3, -0.25) is 4.90 Å². The van der Waals surface area contributed by atoms with Crippen molar-refractivity contribution in [3.63, 3.8) is 0 Å². The van der Waals surface area contributed by atoms with Crippen molar-refractivity contribution >= 4 is 21.2 Å². The van der Waals surface area contributed by atoms with Crippen LogP contribution in [-0.2, 0) is 21.1 Å². The Morgan fingerprint density at radius 1 is 1.43 bits per heavy atom. The van der Waals surface area contributed by atoms with Crippen molar-refractivity contribution in [1.29, 1.82) is 0 Å². The van der Waals surface area contributed by atoms with E-state index in [0.29, 0.717) is 32.1 Å². The highest BCUT2D eigenvalue weighted by molar-refractivity contribution is 7.93. The standard InChI is InChI=1S/C15H23NO3S2/c1-3-19-9-13-6-7-21(17,18)15(13)10-16(11-15)8-14-5-4-12(2)20-14/h4-5,13H,3,6-11H2,1-2H3/t13-/m1/s1. The summed E-state index contributed by atoms with van der Waals surface area (Å²) in [5, 5.41) is 0. The molecular formula is C15H23NO3S2. The molecule has 0 N–H and O–H groups in total. The van der Waals surface area contributed by atoms with Crippen LogP contribution in [0.4, 0.5) is 0 Å². The Balaban J connectivity index is 1.67. The molecule has 0 amide bonds. The second kappa shape index (κ2) is 5.65. The number of nitrogens with zero attached hydrogens (tertiary/aromatic N) is 1. The van der Waals surface area contributed by atoms with Gasteiger partial charge in [0.15, 0.2) is 9.84 Å². The molecule has 0 aliphatic carbocycles. The third kappa shape index (κ3) is 2.67. The van der Waals surface area contributed by atoms with Gasteiger partial charge in [0.1, 0.15) is 4.75 Å². The fourth-order valence-electron chi connectivity index (χ4n) is 3.58. The van der Waals surface area contributed by atoms with Crippen LogP contribution in [0.25, 0.3) is 0 Å². The van der Waals surface area contributed by atoms with E-state index in [1.54, 1.807) is 11.3 Å². The molecule has 118 valence electrons. The molecule has 3 rings (SSSR count). The van der Waals surface area contributed by atoms with Gasteiger partial charge < -0.3 is 4.74 Å². The van der Waals surface area contributed by atoms with Crippen molar-refractivity contribution < 1.29 is 13.2 Å². The molecule has 2 saturated heterocycles. The Bertz CT molecular complexity index is 602. The number of rotatable bonds is 5. The summed E-state index contributed by atoms with van der Waals surface area (Å²) < 4.78 is 29.9. The SMILES string of the molecule is CCOC[C@H]1CCS(=O)(=O)C12CN(Cc1ccc(C)s1)C2. The summed E-state index contributed by atoms with van der Waals surface area (Å²) in [4.78, 5) is 4.88. The summed E-state index contributed by atoms with van der Waals surface area (Å²) in [5.74, 6) is 0.500. The quantitative estimate of drug-likeness (QED) is 0.830. The second-order valence-electron chi connectivity index (χ2n) is 6.19. The van der Waals surface area contributed by atoms with E-state index < -0.39 is 14.6 Å². The lowest BCUT2D eigenvalue weighted by molar-refractivity contribution is 0.0297. The van der Waals surface area contributed by atoms with Crippen molar-refractivity contribution in [2.45, 2.75) is 31.6 Å². The lowest BCUT2D eigenvalue weighted by Gasteiger charge is -2.49. The summed E-state index contributed by atoms with van der Waals surface area (Å²) in [6.45, 7) is 7.52. The molecule has 4 nitrogen and oxygen atoms in total. The normalized spacial score (nSPS) is 27.0. The topological polar surface area (TPSA) is 46.6 Å². The largest absolute Gasteiger partial charge is 0.381 e. The van der Waals surface area contributed by atoms with Gasteiger partial charge in [0.2, 0.25) is 0 Å². The molecule has 3 heterocycles. The van der Waals surface area contributed by atoms with Crippen LogP contribution < -0.4 is 0 Å². The van der Waals surface area contributed by atoms with Gasteiger partial charge in [0.05, 0.1) is 12.4 Å². The Morgan fingerprint density at radius 2 is 2.19 bits per heavy atom. The second-order valence-corrected chi connectivity index (χ2v) is 10.0. The van der Waals surface area contributed by atoms with Gasteiger partial charge in [-0.15, -0.1) is 11.3 Å². The zero-order chi connectivity index (χ0) is 15.1. The highest BCUT2D eigenvalue weighted by atomic mass is 32.2. The number of aryl methyl sites for hydroxylation is 1. The first-order valence-electron chi connectivity index (χ1n) is 7.54. The van der Waals surface area contributed by atoms with Gasteiger partial charge in [-0.1, -0.05) is 0 Å². The molecule has 2 fully saturated rings. The molecule has 2 aliphatic rings. The van der Waals surface area contributed by atoms with E-state index in [9.17, 15) is 8.42 Å². The molecule has 0 bridgehead atoms. The van der Waals surface area contributed by atoms with E-state index in [0.717, 1.165) is 13.0 Å². The van der Waals surface area contributed by atoms with E-state index in [1.165, 1.54) is 9.75 Å². The number of ether oxygens (including phenoxy) is 1. The van der Waals surface area contributed by atoms with Gasteiger partial charge in [-0.25, -0.2) is 8.42 Å². The molecule has 1 aromatic heterocycles. The Morgan fingerprint density at radius 3 is 2.81 bits per heavy atom. The van der Waals surface area contributed by atoms with Crippen LogP contribution in [-0.4, -0.2) is 50.1 Å². The number of likely N-dealkylation sites (tertiary alicyclic amines) is 1. The monoisotopic (exact) mass is 329 g/mol. The number of sulfone groups is 1. The first kappa shape index (κ1) is 15.5. The Kier molecular flexibility index (Phi) is 4.16. The summed E-state index contributed by atoms with van der Waals surface area (Å²) in [7, 11) is -2.97. The lowest BCUT2D eigenvalue weighted by atomic mass is 9.83. The smallest absolute Gasteiger partial charge is 0.158 e. The molecule has 6 heteroatoms. The molecule has 0 unspecified atom stereocenters. The molecule has 0 radical (unpaired) electrons. The third-order valence-electron chi connectivity index (χ3n) is 4.78. The molecule has 1 atom stereocenters. The van der Waals surface area contributed by atoms with Crippen LogP contribution >= 0.6 is 11.3 Å². The molecule has 0 aromatic carbocycles. The van der Waals surface area contributed by atoms with E-state index in [4.69, 9.17) is 4.74 Å². The minimum atomic E-state index is -2.97. The third-order valence-corrected chi connectivity index (χ3v) is 8.37. The first-order chi connectivity index (χ1) is 9.97. The van der Waals surface area contributed by atoms with E-state index in [-0.39, 0.29) is 5.92 Å². The first-order valence-corrected chi connectivity index (χ1v) is 10.0. The highest BCUT2D eigenvalue weighted by Crippen LogP contribution is 2.45. The Hall–Kier alpha value is -0.430. The Labute approximate surface area is 131 Å². The van der Waals surface area contributed by atoms with E-state index in [1.807, 2.05) is 6.92 Å². The van der Waals surface area contributed by atoms with E-state index in [2.05, 4.69) is 24.0 Å². The predicted octanol–water partition coefficient (Wildman–Crippen LogP) is 2.08. The fraction of sp³-hybridized carbons (Fsp3) is 0.733. The average molecular weight is 329 g/mol. The van der Waals surface area contributed by atoms with Gasteiger partial charge >= 0.3 is 0 Å². The minimum absolute atomic E-state index is 0.170. The molecule has 2 aliphatic heterocycles. The van der Waals surface area contributed by atoms with Crippen molar-refractivity contribution in [3.05, 3.63) is 21.9 Å². The van der Waals surface area contributed by atoms with Gasteiger partial charge in [0, 0.05) is 41.9 Å². The van der Waals surface area contributed by atoms with Crippen LogP contribution in [0.1, 0.15) is 23.1 Å². The maximum atomic E-state index is 12.5. The summed E-state index contributed by atoms with van der Waals surface area (Å²) in [6, 6.07) is 4.27. The molecular weight excluding hydrogens is 306 g/mol. The zero-order valence-electron chi connectivity index (χ0n) is 12.7. The summed E-state index contributed by atoms with van der Waals surface area (Å²) >= 11 is 1.80. The van der Waals surface area contributed by atoms with Crippen LogP contribution in [0.3, 0.4) is 0 Å². The van der Waals surface area contributed by atoms with Crippen LogP contribution in [0.15, 0.2) is 12.1 Å². The van der Waals surface area contributed by atoms with Gasteiger partial charge in [-0.05, 0) is 32.4 Å². The van der Waals surface area contributed by atoms with Crippen molar-refractivity contribution in [3.8, 4) is 0 Å². The van der Waals surface area contributed by atoms with Gasteiger partial charge in [-0.2, -0.15) is 0 Å². The van der Waals surface area contributed by atoms with Crippen molar-refractivity contribution in [1.82, 2.24) is 4.90 Å². The van der Waals surface area contributed by atoms with Crippen molar-refractivity contribution in [2.24, 2.45) is 5.92 Å². The molecule has 21 heavy (non-hydrogen) atoms. The van der Waals surface area contributed by atoms with Crippen molar-refractivity contribution in [2.75, 3.05) is 32.1 Å². The fourth-order valence-corrected chi connectivity index (χ4v) is 6.97. The van der Waals surface area contributed by atoms with E-state index >= 15 is 0 Å². The summed E-state index contributed by atoms with van der Waals surface area (Å²) in [6.07, 6.45) is 0.758. The number of thiophene rings is 1. The summed E-state index contributed by atoms with van der Waals surface area (Å²) in [5.41, 5.74) is 0. The maximum Gasteiger partial charge on any atom is 0.158 e. The predicted molar refractivity (Wildman–Crippen MR) is 85.5 cm³/mol. The van der Waals surface area contributed by atoms with Crippen LogP contribution in [0.5, 0.6) is 0 Å². The number of hydrogen-bond donors (Lipinski definition) is 0. The average Bonchev–Trinajstić information content (AvgIpc) is 2.89. The zero-order valence-corrected chi connectivity index (χ0v) is 14.3. The number of hydrogen-bond acceptors (Lipinski definition) is 5. The molecule has 1 aromatic rings. The lowest BCUT2D eigenvalue weighted by Crippen LogP contribution is -2.67. The molecule has 1 spiro atoms. The minimum Gasteiger partial charge on any atom is -0.381 e. The highest BCUT2D eigenvalue weighted by Gasteiger charge is 2.61. The van der Waals surface area contributed by atoms with Crippen LogP contribution in [0.2, 0.25) is 0 Å². The maximum absolute atomic E-state index is 12.5. The van der Waals surface area contributed by atoms with Gasteiger partial charge in [0.25, 0.3) is 0 Å². The molecule has 0 saturated carbocycles. The van der Waals surface area contributed by atoms with Crippen LogP contribution in [0, 0.1) is 12.8 Å².